The maximum absolute atomic E-state index is 12.7. The van der Waals surface area contributed by atoms with Crippen LogP contribution in [0.15, 0.2) is 60.9 Å². The first-order chi connectivity index (χ1) is 14.1. The number of carbonyl (C=O) groups excluding carboxylic acids is 2. The Kier molecular flexibility index (Phi) is 5.50. The summed E-state index contributed by atoms with van der Waals surface area (Å²) in [7, 11) is 0. The smallest absolute Gasteiger partial charge is 0.253 e. The average molecular weight is 427 g/mol. The van der Waals surface area contributed by atoms with Gasteiger partial charge in [0.15, 0.2) is 0 Å². The Hall–Kier alpha value is -3.30. The minimum absolute atomic E-state index is 0.0281. The minimum Gasteiger partial charge on any atom is -0.345 e. The van der Waals surface area contributed by atoms with E-state index in [1.807, 2.05) is 30.3 Å². The van der Waals surface area contributed by atoms with Crippen LogP contribution in [0.4, 0.5) is 5.13 Å². The molecule has 0 bridgehead atoms. The summed E-state index contributed by atoms with van der Waals surface area (Å²) >= 11 is 7.34. The highest BCUT2D eigenvalue weighted by Gasteiger charge is 2.21. The number of amides is 2. The number of nitrogens with one attached hydrogen (secondary N) is 2. The van der Waals surface area contributed by atoms with E-state index in [9.17, 15) is 9.59 Å². The molecule has 0 unspecified atom stereocenters. The summed E-state index contributed by atoms with van der Waals surface area (Å²) in [5, 5.41) is 18.2. The summed E-state index contributed by atoms with van der Waals surface area (Å²) in [5.74, 6) is -0.640. The maximum Gasteiger partial charge on any atom is 0.253 e. The molecule has 10 heteroatoms. The van der Waals surface area contributed by atoms with E-state index in [-0.39, 0.29) is 18.2 Å². The minimum atomic E-state index is -0.536. The fourth-order valence-corrected chi connectivity index (χ4v) is 3.74. The SMILES string of the molecule is O=C(C[C@@H](NC(=O)c1ccccc1Cl)c1ccccc1)Nc1nn2cnnc2s1. The molecule has 2 N–H and O–H groups in total. The van der Waals surface area contributed by atoms with Gasteiger partial charge in [0.25, 0.3) is 5.91 Å². The molecule has 0 fully saturated rings. The van der Waals surface area contributed by atoms with Gasteiger partial charge in [0.2, 0.25) is 16.0 Å². The Morgan fingerprint density at radius 1 is 1.10 bits per heavy atom. The van der Waals surface area contributed by atoms with Gasteiger partial charge < -0.3 is 10.6 Å². The number of nitrogens with zero attached hydrogens (tertiary/aromatic N) is 4. The highest BCUT2D eigenvalue weighted by Crippen LogP contribution is 2.22. The number of hydrogen-bond donors (Lipinski definition) is 2. The van der Waals surface area contributed by atoms with E-state index in [0.29, 0.717) is 20.7 Å². The Bertz CT molecular complexity index is 1130. The third kappa shape index (κ3) is 4.41. The van der Waals surface area contributed by atoms with Gasteiger partial charge >= 0.3 is 0 Å². The van der Waals surface area contributed by atoms with Crippen LogP contribution in [0.2, 0.25) is 5.02 Å². The molecule has 2 amide bonds. The van der Waals surface area contributed by atoms with Gasteiger partial charge in [0, 0.05) is 0 Å². The van der Waals surface area contributed by atoms with Gasteiger partial charge in [-0.2, -0.15) is 4.52 Å². The third-order valence-corrected chi connectivity index (χ3v) is 5.31. The summed E-state index contributed by atoms with van der Waals surface area (Å²) in [6.07, 6.45) is 1.48. The molecule has 29 heavy (non-hydrogen) atoms. The lowest BCUT2D eigenvalue weighted by Gasteiger charge is -2.19. The standard InChI is InChI=1S/C19H15ClN6O2S/c20-14-9-5-4-8-13(14)17(28)22-15(12-6-2-1-3-7-12)10-16(27)23-18-25-26-11-21-24-19(26)29-18/h1-9,11,15H,10H2,(H,22,28)(H,23,25,27)/t15-/m1/s1. The molecule has 8 nitrogen and oxygen atoms in total. The lowest BCUT2D eigenvalue weighted by Crippen LogP contribution is -2.31. The molecule has 2 aromatic carbocycles. The molecule has 2 heterocycles. The Morgan fingerprint density at radius 3 is 2.62 bits per heavy atom. The molecule has 2 aromatic heterocycles. The monoisotopic (exact) mass is 426 g/mol. The van der Waals surface area contributed by atoms with Crippen LogP contribution in [-0.2, 0) is 4.79 Å². The fraction of sp³-hybridized carbons (Fsp3) is 0.105. The number of benzene rings is 2. The van der Waals surface area contributed by atoms with E-state index in [4.69, 9.17) is 11.6 Å². The van der Waals surface area contributed by atoms with E-state index >= 15 is 0 Å². The number of anilines is 1. The van der Waals surface area contributed by atoms with Crippen LogP contribution in [0.25, 0.3) is 4.96 Å². The van der Waals surface area contributed by atoms with Crippen molar-refractivity contribution in [1.29, 1.82) is 0 Å². The third-order valence-electron chi connectivity index (χ3n) is 4.15. The van der Waals surface area contributed by atoms with Crippen LogP contribution in [0.5, 0.6) is 0 Å². The van der Waals surface area contributed by atoms with Crippen molar-refractivity contribution in [1.82, 2.24) is 25.1 Å². The molecule has 0 aliphatic rings. The molecule has 1 atom stereocenters. The fourth-order valence-electron chi connectivity index (χ4n) is 2.78. The van der Waals surface area contributed by atoms with Gasteiger partial charge in [0.1, 0.15) is 6.33 Å². The zero-order chi connectivity index (χ0) is 20.2. The molecule has 146 valence electrons. The second kappa shape index (κ2) is 8.38. The van der Waals surface area contributed by atoms with Crippen LogP contribution in [0.3, 0.4) is 0 Å². The summed E-state index contributed by atoms with van der Waals surface area (Å²) < 4.78 is 1.48. The predicted molar refractivity (Wildman–Crippen MR) is 110 cm³/mol. The molecule has 0 spiro atoms. The van der Waals surface area contributed by atoms with E-state index in [2.05, 4.69) is 25.9 Å². The number of hydrogen-bond acceptors (Lipinski definition) is 6. The van der Waals surface area contributed by atoms with E-state index in [0.717, 1.165) is 5.56 Å². The first-order valence-electron chi connectivity index (χ1n) is 8.67. The molecule has 0 radical (unpaired) electrons. The largest absolute Gasteiger partial charge is 0.345 e. The maximum atomic E-state index is 12.7. The summed E-state index contributed by atoms with van der Waals surface area (Å²) in [5.41, 5.74) is 1.16. The second-order valence-corrected chi connectivity index (χ2v) is 7.50. The zero-order valence-electron chi connectivity index (χ0n) is 14.9. The van der Waals surface area contributed by atoms with Crippen molar-refractivity contribution in [3.8, 4) is 0 Å². The van der Waals surface area contributed by atoms with Crippen molar-refractivity contribution in [2.24, 2.45) is 0 Å². The van der Waals surface area contributed by atoms with Gasteiger partial charge in [0.05, 0.1) is 23.0 Å². The summed E-state index contributed by atoms with van der Waals surface area (Å²) in [6, 6.07) is 15.5. The topological polar surface area (TPSA) is 101 Å². The van der Waals surface area contributed by atoms with Crippen molar-refractivity contribution in [2.45, 2.75) is 12.5 Å². The first-order valence-corrected chi connectivity index (χ1v) is 9.86. The van der Waals surface area contributed by atoms with E-state index in [1.54, 1.807) is 24.3 Å². The Morgan fingerprint density at radius 2 is 1.86 bits per heavy atom. The van der Waals surface area contributed by atoms with Crippen LogP contribution in [0.1, 0.15) is 28.4 Å². The van der Waals surface area contributed by atoms with E-state index in [1.165, 1.54) is 22.2 Å². The highest BCUT2D eigenvalue weighted by atomic mass is 35.5. The number of rotatable bonds is 6. The predicted octanol–water partition coefficient (Wildman–Crippen LogP) is 3.34. The molecular weight excluding hydrogens is 412 g/mol. The molecule has 4 rings (SSSR count). The highest BCUT2D eigenvalue weighted by molar-refractivity contribution is 7.20. The number of aromatic nitrogens is 4. The summed E-state index contributed by atoms with van der Waals surface area (Å²) in [6.45, 7) is 0. The van der Waals surface area contributed by atoms with Crippen molar-refractivity contribution in [3.63, 3.8) is 0 Å². The zero-order valence-corrected chi connectivity index (χ0v) is 16.5. The van der Waals surface area contributed by atoms with Gasteiger partial charge in [-0.3, -0.25) is 9.59 Å². The number of carbonyl (C=O) groups is 2. The normalized spacial score (nSPS) is 11.9. The molecular formula is C19H15ClN6O2S. The van der Waals surface area contributed by atoms with Crippen LogP contribution in [-0.4, -0.2) is 31.6 Å². The second-order valence-electron chi connectivity index (χ2n) is 6.13. The summed E-state index contributed by atoms with van der Waals surface area (Å²) in [4.78, 5) is 25.9. The van der Waals surface area contributed by atoms with Crippen molar-refractivity contribution >= 4 is 44.8 Å². The van der Waals surface area contributed by atoms with Crippen molar-refractivity contribution in [2.75, 3.05) is 5.32 Å². The van der Waals surface area contributed by atoms with Gasteiger partial charge in [-0.1, -0.05) is 65.4 Å². The quantitative estimate of drug-likeness (QED) is 0.492. The van der Waals surface area contributed by atoms with Crippen LogP contribution >= 0.6 is 22.9 Å². The van der Waals surface area contributed by atoms with Crippen molar-refractivity contribution in [3.05, 3.63) is 77.1 Å². The van der Waals surface area contributed by atoms with Crippen LogP contribution < -0.4 is 10.6 Å². The van der Waals surface area contributed by atoms with Gasteiger partial charge in [-0.15, -0.1) is 15.3 Å². The van der Waals surface area contributed by atoms with E-state index < -0.39 is 6.04 Å². The average Bonchev–Trinajstić information content (AvgIpc) is 3.30. The molecule has 0 saturated carbocycles. The van der Waals surface area contributed by atoms with Gasteiger partial charge in [-0.25, -0.2) is 0 Å². The first kappa shape index (κ1) is 19.0. The van der Waals surface area contributed by atoms with Crippen LogP contribution in [0, 0.1) is 0 Å². The molecule has 4 aromatic rings. The Labute approximate surface area is 174 Å². The number of halogens is 1. The number of fused-ring (bicyclic) bond motifs is 1. The van der Waals surface area contributed by atoms with Crippen molar-refractivity contribution < 1.29 is 9.59 Å². The molecule has 0 saturated heterocycles. The Balaban J connectivity index is 1.51. The molecule has 0 aliphatic carbocycles. The lowest BCUT2D eigenvalue weighted by atomic mass is 10.0. The lowest BCUT2D eigenvalue weighted by molar-refractivity contribution is -0.116. The van der Waals surface area contributed by atoms with Gasteiger partial charge in [-0.05, 0) is 17.7 Å². The molecule has 0 aliphatic heterocycles.